The zero-order valence-corrected chi connectivity index (χ0v) is 21.4. The van der Waals surface area contributed by atoms with Crippen LogP contribution in [0, 0.1) is 0 Å². The molecule has 0 aliphatic carbocycles. The van der Waals surface area contributed by atoms with Crippen molar-refractivity contribution in [3.05, 3.63) is 108 Å². The van der Waals surface area contributed by atoms with Gasteiger partial charge in [-0.3, -0.25) is 14.5 Å². The minimum Gasteiger partial charge on any atom is -0.444 e. The van der Waals surface area contributed by atoms with E-state index in [-0.39, 0.29) is 17.7 Å². The largest absolute Gasteiger partial charge is 0.444 e. The zero-order chi connectivity index (χ0) is 25.6. The standard InChI is InChI=1S/C29H24ClN3O3S/c30-16-27(34)33(22-12-10-21(11-13-22)25-17-31-19-36-25)28(24-18-37-26-9-5-4-8-23(24)26)29(35)32-15-14-20-6-2-1-3-7-20/h1-13,17-19,28H,14-16H2,(H,32,35). The number of aromatic nitrogens is 1. The molecule has 0 aliphatic rings. The molecule has 2 amide bonds. The average molecular weight is 530 g/mol. The molecule has 0 bridgehead atoms. The third-order valence-corrected chi connectivity index (χ3v) is 7.32. The summed E-state index contributed by atoms with van der Waals surface area (Å²) in [7, 11) is 0. The number of fused-ring (bicyclic) bond motifs is 1. The third kappa shape index (κ3) is 5.43. The van der Waals surface area contributed by atoms with Gasteiger partial charge in [-0.05, 0) is 53.1 Å². The first-order chi connectivity index (χ1) is 18.2. The van der Waals surface area contributed by atoms with Gasteiger partial charge in [0.1, 0.15) is 11.9 Å². The first-order valence-corrected chi connectivity index (χ1v) is 13.2. The molecule has 37 heavy (non-hydrogen) atoms. The Balaban J connectivity index is 1.51. The van der Waals surface area contributed by atoms with Crippen molar-refractivity contribution < 1.29 is 14.0 Å². The summed E-state index contributed by atoms with van der Waals surface area (Å²) in [6, 6.07) is 24.2. The van der Waals surface area contributed by atoms with Crippen molar-refractivity contribution in [1.29, 1.82) is 0 Å². The fourth-order valence-corrected chi connectivity index (χ4v) is 5.43. The summed E-state index contributed by atoms with van der Waals surface area (Å²) >= 11 is 7.62. The maximum atomic E-state index is 13.8. The van der Waals surface area contributed by atoms with Crippen LogP contribution in [0.15, 0.2) is 101 Å². The molecule has 0 aliphatic heterocycles. The van der Waals surface area contributed by atoms with Crippen LogP contribution in [0.5, 0.6) is 0 Å². The van der Waals surface area contributed by atoms with E-state index in [1.807, 2.05) is 72.1 Å². The second kappa shape index (κ2) is 11.4. The first kappa shape index (κ1) is 24.7. The number of nitrogens with one attached hydrogen (secondary N) is 1. The molecular formula is C29H24ClN3O3S. The maximum Gasteiger partial charge on any atom is 0.247 e. The number of hydrogen-bond acceptors (Lipinski definition) is 5. The van der Waals surface area contributed by atoms with E-state index in [1.165, 1.54) is 11.3 Å². The monoisotopic (exact) mass is 529 g/mol. The van der Waals surface area contributed by atoms with Gasteiger partial charge in [-0.2, -0.15) is 0 Å². The number of nitrogens with zero attached hydrogens (tertiary/aromatic N) is 2. The molecule has 0 saturated heterocycles. The van der Waals surface area contributed by atoms with E-state index in [9.17, 15) is 9.59 Å². The highest BCUT2D eigenvalue weighted by Crippen LogP contribution is 2.36. The molecule has 1 N–H and O–H groups in total. The number of amides is 2. The minimum atomic E-state index is -0.894. The lowest BCUT2D eigenvalue weighted by Crippen LogP contribution is -2.45. The van der Waals surface area contributed by atoms with Crippen LogP contribution in [0.25, 0.3) is 21.4 Å². The number of alkyl halides is 1. The van der Waals surface area contributed by atoms with Crippen molar-refractivity contribution in [2.75, 3.05) is 17.3 Å². The SMILES string of the molecule is O=C(NCCc1ccccc1)C(c1csc2ccccc12)N(C(=O)CCl)c1ccc(-c2cnco2)cc1. The molecule has 6 nitrogen and oxygen atoms in total. The summed E-state index contributed by atoms with van der Waals surface area (Å²) in [4.78, 5) is 32.5. The third-order valence-electron chi connectivity index (χ3n) is 6.11. The maximum absolute atomic E-state index is 13.8. The fraction of sp³-hybridized carbons (Fsp3) is 0.138. The molecule has 1 atom stereocenters. The molecule has 0 radical (unpaired) electrons. The summed E-state index contributed by atoms with van der Waals surface area (Å²) in [6.45, 7) is 0.439. The van der Waals surface area contributed by atoms with Crippen molar-refractivity contribution in [2.45, 2.75) is 12.5 Å². The Morgan fingerprint density at radius 1 is 1.00 bits per heavy atom. The number of benzene rings is 3. The molecular weight excluding hydrogens is 506 g/mol. The zero-order valence-electron chi connectivity index (χ0n) is 19.8. The second-order valence-corrected chi connectivity index (χ2v) is 9.60. The quantitative estimate of drug-likeness (QED) is 0.230. The summed E-state index contributed by atoms with van der Waals surface area (Å²) in [5.74, 6) is -0.287. The predicted molar refractivity (Wildman–Crippen MR) is 148 cm³/mol. The lowest BCUT2D eigenvalue weighted by Gasteiger charge is -2.31. The van der Waals surface area contributed by atoms with Crippen LogP contribution in [0.2, 0.25) is 0 Å². The van der Waals surface area contributed by atoms with Gasteiger partial charge in [0.05, 0.1) is 6.20 Å². The highest BCUT2D eigenvalue weighted by atomic mass is 35.5. The Morgan fingerprint density at radius 3 is 2.49 bits per heavy atom. The lowest BCUT2D eigenvalue weighted by molar-refractivity contribution is -0.125. The molecule has 1 unspecified atom stereocenters. The number of oxazole rings is 1. The van der Waals surface area contributed by atoms with Crippen molar-refractivity contribution in [3.63, 3.8) is 0 Å². The molecule has 3 aromatic carbocycles. The molecule has 5 rings (SSSR count). The normalized spacial score (nSPS) is 11.8. The van der Waals surface area contributed by atoms with E-state index in [4.69, 9.17) is 16.0 Å². The van der Waals surface area contributed by atoms with Gasteiger partial charge in [0.25, 0.3) is 0 Å². The molecule has 0 saturated carbocycles. The van der Waals surface area contributed by atoms with Crippen LogP contribution in [-0.4, -0.2) is 29.2 Å². The molecule has 2 heterocycles. The van der Waals surface area contributed by atoms with E-state index in [0.29, 0.717) is 24.4 Å². The Labute approximate surface area is 223 Å². The van der Waals surface area contributed by atoms with Gasteiger partial charge in [-0.15, -0.1) is 22.9 Å². The minimum absolute atomic E-state index is 0.264. The number of rotatable bonds is 9. The number of thiophene rings is 1. The van der Waals surface area contributed by atoms with Gasteiger partial charge in [0.15, 0.2) is 12.2 Å². The van der Waals surface area contributed by atoms with Gasteiger partial charge < -0.3 is 9.73 Å². The Kier molecular flexibility index (Phi) is 7.63. The van der Waals surface area contributed by atoms with Gasteiger partial charge in [0.2, 0.25) is 11.8 Å². The van der Waals surface area contributed by atoms with Gasteiger partial charge in [-0.25, -0.2) is 4.98 Å². The number of hydrogen-bond donors (Lipinski definition) is 1. The number of carbonyl (C=O) groups is 2. The van der Waals surface area contributed by atoms with Crippen molar-refractivity contribution in [3.8, 4) is 11.3 Å². The van der Waals surface area contributed by atoms with E-state index in [1.54, 1.807) is 29.7 Å². The van der Waals surface area contributed by atoms with Crippen LogP contribution in [0.4, 0.5) is 5.69 Å². The molecule has 5 aromatic rings. The van der Waals surface area contributed by atoms with Crippen LogP contribution < -0.4 is 10.2 Å². The number of halogens is 1. The van der Waals surface area contributed by atoms with Crippen molar-refractivity contribution >= 4 is 50.5 Å². The summed E-state index contributed by atoms with van der Waals surface area (Å²) in [5.41, 5.74) is 3.25. The second-order valence-electron chi connectivity index (χ2n) is 8.43. The predicted octanol–water partition coefficient (Wildman–Crippen LogP) is 6.23. The summed E-state index contributed by atoms with van der Waals surface area (Å²) in [5, 5.41) is 5.93. The Morgan fingerprint density at radius 2 is 1.76 bits per heavy atom. The van der Waals surface area contributed by atoms with Gasteiger partial charge in [0, 0.05) is 28.1 Å². The highest BCUT2D eigenvalue weighted by molar-refractivity contribution is 7.17. The Bertz CT molecular complexity index is 1480. The topological polar surface area (TPSA) is 75.4 Å². The number of anilines is 1. The van der Waals surface area contributed by atoms with Crippen molar-refractivity contribution in [1.82, 2.24) is 10.3 Å². The smallest absolute Gasteiger partial charge is 0.247 e. The van der Waals surface area contributed by atoms with E-state index >= 15 is 0 Å². The first-order valence-electron chi connectivity index (χ1n) is 11.8. The molecule has 0 spiro atoms. The van der Waals surface area contributed by atoms with Gasteiger partial charge >= 0.3 is 0 Å². The Hall–Kier alpha value is -3.94. The number of carbonyl (C=O) groups excluding carboxylic acids is 2. The van der Waals surface area contributed by atoms with E-state index < -0.39 is 6.04 Å². The molecule has 2 aromatic heterocycles. The summed E-state index contributed by atoms with van der Waals surface area (Å²) in [6.07, 6.45) is 3.67. The van der Waals surface area contributed by atoms with Gasteiger partial charge in [-0.1, -0.05) is 48.5 Å². The van der Waals surface area contributed by atoms with Crippen LogP contribution in [-0.2, 0) is 16.0 Å². The van der Waals surface area contributed by atoms with Crippen LogP contribution in [0.1, 0.15) is 17.2 Å². The fourth-order valence-electron chi connectivity index (χ4n) is 4.33. The lowest BCUT2D eigenvalue weighted by atomic mass is 10.0. The highest BCUT2D eigenvalue weighted by Gasteiger charge is 2.34. The van der Waals surface area contributed by atoms with Crippen LogP contribution in [0.3, 0.4) is 0 Å². The molecule has 0 fully saturated rings. The van der Waals surface area contributed by atoms with E-state index in [2.05, 4.69) is 10.3 Å². The van der Waals surface area contributed by atoms with Crippen molar-refractivity contribution in [2.24, 2.45) is 0 Å². The molecule has 8 heteroatoms. The average Bonchev–Trinajstić information content (AvgIpc) is 3.63. The van der Waals surface area contributed by atoms with E-state index in [0.717, 1.165) is 26.8 Å². The van der Waals surface area contributed by atoms with Crippen LogP contribution >= 0.6 is 22.9 Å². The molecule has 186 valence electrons. The summed E-state index contributed by atoms with van der Waals surface area (Å²) < 4.78 is 6.43.